The van der Waals surface area contributed by atoms with Crippen LogP contribution in [0.4, 0.5) is 5.69 Å². The number of amidine groups is 1. The number of halogens is 1. The molecule has 0 radical (unpaired) electrons. The van der Waals surface area contributed by atoms with Crippen molar-refractivity contribution >= 4 is 33.2 Å². The smallest absolute Gasteiger partial charge is 0.201 e. The van der Waals surface area contributed by atoms with E-state index in [1.165, 1.54) is 0 Å². The third-order valence-corrected chi connectivity index (χ3v) is 2.40. The molecule has 0 aliphatic rings. The zero-order valence-corrected chi connectivity index (χ0v) is 10.1. The van der Waals surface area contributed by atoms with Crippen LogP contribution in [0.3, 0.4) is 0 Å². The van der Waals surface area contributed by atoms with Crippen molar-refractivity contribution in [3.05, 3.63) is 28.2 Å². The summed E-state index contributed by atoms with van der Waals surface area (Å²) in [6.07, 6.45) is 0. The number of rotatable bonds is 3. The van der Waals surface area contributed by atoms with Crippen molar-refractivity contribution in [1.29, 1.82) is 15.9 Å². The highest BCUT2D eigenvalue weighted by Gasteiger charge is 2.02. The largest absolute Gasteiger partial charge is 0.382 e. The van der Waals surface area contributed by atoms with Crippen molar-refractivity contribution in [2.45, 2.75) is 0 Å². The first kappa shape index (κ1) is 12.7. The molecular weight excluding hydrogens is 284 g/mol. The summed E-state index contributed by atoms with van der Waals surface area (Å²) < 4.78 is 0.613. The standard InChI is InChI=1S/C10H7BrN6/c11-8-3-7(2-1-6(8)4-12)16-17-9(5-13)10(14)15/h1-3,16H,(H3,14,15)/b17-9+. The lowest BCUT2D eigenvalue weighted by atomic mass is 10.2. The number of nitrogens with zero attached hydrogens (tertiary/aromatic N) is 3. The van der Waals surface area contributed by atoms with E-state index in [4.69, 9.17) is 21.7 Å². The highest BCUT2D eigenvalue weighted by Crippen LogP contribution is 2.20. The molecule has 0 aromatic heterocycles. The molecule has 7 heteroatoms. The van der Waals surface area contributed by atoms with Crippen LogP contribution in [0.25, 0.3) is 0 Å². The average molecular weight is 291 g/mol. The van der Waals surface area contributed by atoms with Gasteiger partial charge in [0, 0.05) is 4.47 Å². The number of nitriles is 2. The van der Waals surface area contributed by atoms with E-state index in [0.717, 1.165) is 0 Å². The minimum absolute atomic E-state index is 0.203. The summed E-state index contributed by atoms with van der Waals surface area (Å²) in [7, 11) is 0. The quantitative estimate of drug-likeness (QED) is 0.444. The van der Waals surface area contributed by atoms with Crippen molar-refractivity contribution in [1.82, 2.24) is 0 Å². The van der Waals surface area contributed by atoms with Gasteiger partial charge in [-0.2, -0.15) is 15.6 Å². The lowest BCUT2D eigenvalue weighted by Crippen LogP contribution is -2.21. The molecule has 0 unspecified atom stereocenters. The predicted octanol–water partition coefficient (Wildman–Crippen LogP) is 1.55. The Morgan fingerprint density at radius 1 is 1.47 bits per heavy atom. The van der Waals surface area contributed by atoms with E-state index in [2.05, 4.69) is 26.5 Å². The summed E-state index contributed by atoms with van der Waals surface area (Å²) in [5, 5.41) is 28.1. The van der Waals surface area contributed by atoms with Crippen molar-refractivity contribution in [2.75, 3.05) is 5.43 Å². The van der Waals surface area contributed by atoms with Crippen LogP contribution in [0.1, 0.15) is 5.56 Å². The van der Waals surface area contributed by atoms with Crippen LogP contribution in [-0.2, 0) is 0 Å². The fraction of sp³-hybridized carbons (Fsp3) is 0. The molecule has 0 spiro atoms. The van der Waals surface area contributed by atoms with Gasteiger partial charge in [0.2, 0.25) is 5.71 Å². The highest BCUT2D eigenvalue weighted by atomic mass is 79.9. The van der Waals surface area contributed by atoms with Crippen LogP contribution >= 0.6 is 15.9 Å². The topological polar surface area (TPSA) is 122 Å². The molecule has 0 fully saturated rings. The first-order valence-corrected chi connectivity index (χ1v) is 5.15. The fourth-order valence-corrected chi connectivity index (χ4v) is 1.41. The minimum atomic E-state index is -0.410. The van der Waals surface area contributed by atoms with E-state index in [0.29, 0.717) is 15.7 Å². The predicted molar refractivity (Wildman–Crippen MR) is 67.4 cm³/mol. The second kappa shape index (κ2) is 5.64. The van der Waals surface area contributed by atoms with Crippen LogP contribution in [-0.4, -0.2) is 11.5 Å². The van der Waals surface area contributed by atoms with Gasteiger partial charge < -0.3 is 5.73 Å². The van der Waals surface area contributed by atoms with Crippen LogP contribution in [0.5, 0.6) is 0 Å². The molecule has 0 aliphatic carbocycles. The summed E-state index contributed by atoms with van der Waals surface area (Å²) in [6, 6.07) is 8.54. The molecule has 0 bridgehead atoms. The zero-order valence-electron chi connectivity index (χ0n) is 8.53. The van der Waals surface area contributed by atoms with E-state index in [1.54, 1.807) is 24.3 Å². The van der Waals surface area contributed by atoms with E-state index in [-0.39, 0.29) is 5.71 Å². The van der Waals surface area contributed by atoms with Crippen LogP contribution in [0.15, 0.2) is 27.8 Å². The summed E-state index contributed by atoms with van der Waals surface area (Å²) >= 11 is 3.22. The van der Waals surface area contributed by atoms with E-state index in [1.807, 2.05) is 6.07 Å². The van der Waals surface area contributed by atoms with Crippen LogP contribution in [0.2, 0.25) is 0 Å². The highest BCUT2D eigenvalue weighted by molar-refractivity contribution is 9.10. The molecule has 0 amide bonds. The Bertz CT molecular complexity index is 563. The van der Waals surface area contributed by atoms with Gasteiger partial charge in [-0.15, -0.1) is 0 Å². The Hall–Kier alpha value is -2.38. The van der Waals surface area contributed by atoms with Gasteiger partial charge >= 0.3 is 0 Å². The van der Waals surface area contributed by atoms with Gasteiger partial charge in [-0.25, -0.2) is 0 Å². The monoisotopic (exact) mass is 290 g/mol. The van der Waals surface area contributed by atoms with Crippen molar-refractivity contribution < 1.29 is 0 Å². The molecule has 0 heterocycles. The molecule has 17 heavy (non-hydrogen) atoms. The fourth-order valence-electron chi connectivity index (χ4n) is 0.941. The zero-order chi connectivity index (χ0) is 12.8. The molecule has 84 valence electrons. The molecule has 1 aromatic rings. The van der Waals surface area contributed by atoms with E-state index >= 15 is 0 Å². The maximum atomic E-state index is 8.72. The van der Waals surface area contributed by atoms with Crippen LogP contribution < -0.4 is 11.2 Å². The first-order valence-electron chi connectivity index (χ1n) is 4.36. The molecular formula is C10H7BrN6. The van der Waals surface area contributed by atoms with Gasteiger partial charge in [-0.05, 0) is 34.1 Å². The molecule has 6 nitrogen and oxygen atoms in total. The number of hydrogen-bond donors (Lipinski definition) is 3. The van der Waals surface area contributed by atoms with Crippen molar-refractivity contribution in [3.8, 4) is 12.1 Å². The molecule has 0 atom stereocenters. The van der Waals surface area contributed by atoms with Gasteiger partial charge in [-0.3, -0.25) is 10.8 Å². The molecule has 0 saturated carbocycles. The number of hydrogen-bond acceptors (Lipinski definition) is 5. The number of nitrogens with one attached hydrogen (secondary N) is 2. The van der Waals surface area contributed by atoms with E-state index < -0.39 is 5.84 Å². The lowest BCUT2D eigenvalue weighted by Gasteiger charge is -2.02. The third kappa shape index (κ3) is 3.30. The normalized spacial score (nSPS) is 10.2. The Morgan fingerprint density at radius 2 is 2.18 bits per heavy atom. The SMILES string of the molecule is N#C/C(=N\Nc1ccc(C#N)c(Br)c1)C(=N)N. The Labute approximate surface area is 106 Å². The first-order chi connectivity index (χ1) is 8.08. The third-order valence-electron chi connectivity index (χ3n) is 1.75. The molecule has 1 rings (SSSR count). The number of anilines is 1. The lowest BCUT2D eigenvalue weighted by molar-refractivity contribution is 1.32. The Kier molecular flexibility index (Phi) is 4.21. The van der Waals surface area contributed by atoms with Gasteiger partial charge in [0.1, 0.15) is 12.1 Å². The van der Waals surface area contributed by atoms with Gasteiger partial charge in [0.15, 0.2) is 5.84 Å². The second-order valence-corrected chi connectivity index (χ2v) is 3.76. The van der Waals surface area contributed by atoms with E-state index in [9.17, 15) is 0 Å². The van der Waals surface area contributed by atoms with Gasteiger partial charge in [-0.1, -0.05) is 0 Å². The van der Waals surface area contributed by atoms with Crippen LogP contribution in [0, 0.1) is 28.1 Å². The summed E-state index contributed by atoms with van der Waals surface area (Å²) in [5.41, 5.74) is 8.56. The summed E-state index contributed by atoms with van der Waals surface area (Å²) in [4.78, 5) is 0. The average Bonchev–Trinajstić information content (AvgIpc) is 2.29. The Morgan fingerprint density at radius 3 is 2.65 bits per heavy atom. The maximum absolute atomic E-state index is 8.72. The molecule has 1 aromatic carbocycles. The number of hydrazone groups is 1. The van der Waals surface area contributed by atoms with Crippen molar-refractivity contribution in [3.63, 3.8) is 0 Å². The Balaban J connectivity index is 2.92. The molecule has 0 aliphatic heterocycles. The maximum Gasteiger partial charge on any atom is 0.201 e. The van der Waals surface area contributed by atoms with Gasteiger partial charge in [0.05, 0.1) is 11.3 Å². The van der Waals surface area contributed by atoms with Crippen molar-refractivity contribution in [2.24, 2.45) is 10.8 Å². The molecule has 0 saturated heterocycles. The number of benzene rings is 1. The second-order valence-electron chi connectivity index (χ2n) is 2.90. The van der Waals surface area contributed by atoms with Gasteiger partial charge in [0.25, 0.3) is 0 Å². The summed E-state index contributed by atoms with van der Waals surface area (Å²) in [6.45, 7) is 0. The number of nitrogens with two attached hydrogens (primary N) is 1. The summed E-state index contributed by atoms with van der Waals surface area (Å²) in [5.74, 6) is -0.410. The minimum Gasteiger partial charge on any atom is -0.382 e. The molecule has 4 N–H and O–H groups in total.